The minimum Gasteiger partial charge on any atom is -0.439 e. The second-order valence-corrected chi connectivity index (χ2v) is 6.45. The number of nitrogens with zero attached hydrogens (tertiary/aromatic N) is 4. The summed E-state index contributed by atoms with van der Waals surface area (Å²) >= 11 is 0. The first kappa shape index (κ1) is 16.7. The number of pyridine rings is 1. The predicted molar refractivity (Wildman–Crippen MR) is 97.9 cm³/mol. The smallest absolute Gasteiger partial charge is 0.244 e. The van der Waals surface area contributed by atoms with Crippen LogP contribution in [0.2, 0.25) is 0 Å². The Morgan fingerprint density at radius 3 is 2.85 bits per heavy atom. The van der Waals surface area contributed by atoms with Crippen molar-refractivity contribution in [2.45, 2.75) is 32.2 Å². The zero-order valence-electron chi connectivity index (χ0n) is 14.8. The molecule has 0 unspecified atom stereocenters. The Bertz CT molecular complexity index is 833. The number of aromatic nitrogens is 3. The molecule has 0 amide bonds. The molecule has 1 saturated heterocycles. The van der Waals surface area contributed by atoms with Crippen molar-refractivity contribution < 1.29 is 9.26 Å². The van der Waals surface area contributed by atoms with E-state index in [1.54, 1.807) is 6.20 Å². The molecule has 6 nitrogen and oxygen atoms in total. The Hall–Kier alpha value is -2.73. The van der Waals surface area contributed by atoms with Gasteiger partial charge in [0, 0.05) is 17.8 Å². The number of hydrogen-bond donors (Lipinski definition) is 0. The van der Waals surface area contributed by atoms with Crippen LogP contribution in [0.1, 0.15) is 38.1 Å². The highest BCUT2D eigenvalue weighted by molar-refractivity contribution is 5.53. The largest absolute Gasteiger partial charge is 0.439 e. The van der Waals surface area contributed by atoms with Gasteiger partial charge in [-0.1, -0.05) is 30.3 Å². The molecule has 6 heteroatoms. The van der Waals surface area contributed by atoms with E-state index in [1.807, 2.05) is 42.5 Å². The summed E-state index contributed by atoms with van der Waals surface area (Å²) in [7, 11) is 0. The lowest BCUT2D eigenvalue weighted by Gasteiger charge is -2.20. The highest BCUT2D eigenvalue weighted by Gasteiger charge is 2.30. The van der Waals surface area contributed by atoms with E-state index in [-0.39, 0.29) is 6.04 Å². The van der Waals surface area contributed by atoms with Crippen molar-refractivity contribution in [3.05, 3.63) is 54.6 Å². The standard InChI is InChI=1S/C20H22N4O2/c1-2-12-24-13-6-9-17(24)20-22-19(23-26-20)15-10-11-18(21-14-15)25-16-7-4-3-5-8-16/h3-5,7-8,10-11,14,17H,2,6,9,12-13H2,1H3/t17-/m1/s1. The number of rotatable bonds is 6. The fourth-order valence-electron chi connectivity index (χ4n) is 3.33. The highest BCUT2D eigenvalue weighted by Crippen LogP contribution is 2.32. The summed E-state index contributed by atoms with van der Waals surface area (Å²) in [5.74, 6) is 2.57. The van der Waals surface area contributed by atoms with Gasteiger partial charge in [-0.3, -0.25) is 4.90 Å². The number of benzene rings is 1. The predicted octanol–water partition coefficient (Wildman–Crippen LogP) is 4.47. The van der Waals surface area contributed by atoms with E-state index < -0.39 is 0 Å². The molecule has 0 saturated carbocycles. The van der Waals surface area contributed by atoms with Crippen LogP contribution in [-0.2, 0) is 0 Å². The topological polar surface area (TPSA) is 64.3 Å². The Kier molecular flexibility index (Phi) is 4.93. The second-order valence-electron chi connectivity index (χ2n) is 6.45. The van der Waals surface area contributed by atoms with Gasteiger partial charge in [-0.15, -0.1) is 0 Å². The summed E-state index contributed by atoms with van der Waals surface area (Å²) in [5.41, 5.74) is 0.820. The van der Waals surface area contributed by atoms with Gasteiger partial charge in [-0.2, -0.15) is 4.98 Å². The quantitative estimate of drug-likeness (QED) is 0.653. The monoisotopic (exact) mass is 350 g/mol. The number of likely N-dealkylation sites (tertiary alicyclic amines) is 1. The normalized spacial score (nSPS) is 17.5. The van der Waals surface area contributed by atoms with Crippen LogP contribution >= 0.6 is 0 Å². The van der Waals surface area contributed by atoms with Gasteiger partial charge in [0.25, 0.3) is 0 Å². The van der Waals surface area contributed by atoms with Gasteiger partial charge in [-0.25, -0.2) is 4.98 Å². The van der Waals surface area contributed by atoms with Crippen molar-refractivity contribution in [3.63, 3.8) is 0 Å². The third-order valence-corrected chi connectivity index (χ3v) is 4.56. The van der Waals surface area contributed by atoms with E-state index in [4.69, 9.17) is 9.26 Å². The van der Waals surface area contributed by atoms with E-state index in [0.717, 1.165) is 37.2 Å². The van der Waals surface area contributed by atoms with Gasteiger partial charge in [0.05, 0.1) is 6.04 Å². The molecule has 0 bridgehead atoms. The third kappa shape index (κ3) is 3.60. The molecule has 0 radical (unpaired) electrons. The third-order valence-electron chi connectivity index (χ3n) is 4.56. The summed E-state index contributed by atoms with van der Waals surface area (Å²) in [5, 5.41) is 4.15. The van der Waals surface area contributed by atoms with Crippen molar-refractivity contribution in [3.8, 4) is 23.0 Å². The average molecular weight is 350 g/mol. The minimum atomic E-state index is 0.241. The molecule has 3 heterocycles. The lowest BCUT2D eigenvalue weighted by molar-refractivity contribution is 0.208. The maximum Gasteiger partial charge on any atom is 0.244 e. The molecule has 1 aliphatic heterocycles. The molecule has 3 aromatic rings. The number of hydrogen-bond acceptors (Lipinski definition) is 6. The minimum absolute atomic E-state index is 0.241. The summed E-state index contributed by atoms with van der Waals surface area (Å²) in [6.07, 6.45) is 5.09. The van der Waals surface area contributed by atoms with Crippen molar-refractivity contribution in [1.82, 2.24) is 20.0 Å². The molecule has 4 rings (SSSR count). The molecule has 2 aromatic heterocycles. The number of para-hydroxylation sites is 1. The maximum absolute atomic E-state index is 5.71. The molecule has 1 aliphatic rings. The van der Waals surface area contributed by atoms with Crippen LogP contribution in [0.15, 0.2) is 53.2 Å². The Balaban J connectivity index is 1.47. The highest BCUT2D eigenvalue weighted by atomic mass is 16.5. The Labute approximate surface area is 152 Å². The SMILES string of the molecule is CCCN1CCC[C@@H]1c1nc(-c2ccc(Oc3ccccc3)nc2)no1. The summed E-state index contributed by atoms with van der Waals surface area (Å²) in [4.78, 5) is 11.4. The van der Waals surface area contributed by atoms with Crippen molar-refractivity contribution in [2.24, 2.45) is 0 Å². The van der Waals surface area contributed by atoms with Crippen LogP contribution < -0.4 is 4.74 Å². The molecule has 134 valence electrons. The summed E-state index contributed by atoms with van der Waals surface area (Å²) < 4.78 is 11.3. The molecule has 0 N–H and O–H groups in total. The second kappa shape index (κ2) is 7.66. The van der Waals surface area contributed by atoms with Gasteiger partial charge < -0.3 is 9.26 Å². The Morgan fingerprint density at radius 1 is 1.19 bits per heavy atom. The molecule has 0 aliphatic carbocycles. The lowest BCUT2D eigenvalue weighted by Crippen LogP contribution is -2.24. The van der Waals surface area contributed by atoms with Crippen molar-refractivity contribution >= 4 is 0 Å². The van der Waals surface area contributed by atoms with E-state index in [1.165, 1.54) is 6.42 Å². The number of ether oxygens (including phenoxy) is 1. The van der Waals surface area contributed by atoms with Gasteiger partial charge in [0.1, 0.15) is 5.75 Å². The van der Waals surface area contributed by atoms with Crippen LogP contribution in [0, 0.1) is 0 Å². The summed E-state index contributed by atoms with van der Waals surface area (Å²) in [6.45, 7) is 4.36. The van der Waals surface area contributed by atoms with Crippen molar-refractivity contribution in [2.75, 3.05) is 13.1 Å². The first-order chi connectivity index (χ1) is 12.8. The maximum atomic E-state index is 5.71. The summed E-state index contributed by atoms with van der Waals surface area (Å²) in [6, 6.07) is 13.5. The molecular weight excluding hydrogens is 328 g/mol. The fraction of sp³-hybridized carbons (Fsp3) is 0.350. The van der Waals surface area contributed by atoms with Gasteiger partial charge in [0.2, 0.25) is 17.6 Å². The Morgan fingerprint density at radius 2 is 2.08 bits per heavy atom. The van der Waals surface area contributed by atoms with Crippen LogP contribution in [-0.4, -0.2) is 33.1 Å². The van der Waals surface area contributed by atoms with Gasteiger partial charge >= 0.3 is 0 Å². The first-order valence-corrected chi connectivity index (χ1v) is 9.10. The molecular formula is C20H22N4O2. The lowest BCUT2D eigenvalue weighted by atomic mass is 10.2. The molecule has 1 fully saturated rings. The molecule has 26 heavy (non-hydrogen) atoms. The van der Waals surface area contributed by atoms with Crippen LogP contribution in [0.25, 0.3) is 11.4 Å². The molecule has 1 atom stereocenters. The molecule has 1 aromatic carbocycles. The zero-order valence-corrected chi connectivity index (χ0v) is 14.8. The van der Waals surface area contributed by atoms with E-state index in [0.29, 0.717) is 17.6 Å². The van der Waals surface area contributed by atoms with Crippen LogP contribution in [0.5, 0.6) is 11.6 Å². The van der Waals surface area contributed by atoms with Crippen LogP contribution in [0.4, 0.5) is 0 Å². The fourth-order valence-corrected chi connectivity index (χ4v) is 3.33. The van der Waals surface area contributed by atoms with E-state index >= 15 is 0 Å². The van der Waals surface area contributed by atoms with E-state index in [9.17, 15) is 0 Å². The first-order valence-electron chi connectivity index (χ1n) is 9.10. The molecule has 0 spiro atoms. The van der Waals surface area contributed by atoms with Crippen LogP contribution in [0.3, 0.4) is 0 Å². The van der Waals surface area contributed by atoms with Gasteiger partial charge in [-0.05, 0) is 50.6 Å². The zero-order chi connectivity index (χ0) is 17.8. The van der Waals surface area contributed by atoms with Gasteiger partial charge in [0.15, 0.2) is 0 Å². The van der Waals surface area contributed by atoms with E-state index in [2.05, 4.69) is 26.9 Å². The van der Waals surface area contributed by atoms with Crippen molar-refractivity contribution in [1.29, 1.82) is 0 Å². The average Bonchev–Trinajstić information content (AvgIpc) is 3.33.